The first-order valence-electron chi connectivity index (χ1n) is 13.7. The van der Waals surface area contributed by atoms with Crippen LogP contribution in [0.5, 0.6) is 5.75 Å². The monoisotopic (exact) mass is 701 g/mol. The molecular weight excluding hydrogens is 666 g/mol. The Kier molecular flexibility index (Phi) is 12.0. The molecule has 3 aromatic rings. The number of rotatable bonds is 12. The number of nitrogens with two attached hydrogens (primary N) is 1. The normalized spacial score (nSPS) is 12.0. The highest BCUT2D eigenvalue weighted by Gasteiger charge is 2.34. The summed E-state index contributed by atoms with van der Waals surface area (Å²) in [6, 6.07) is 21.3. The summed E-state index contributed by atoms with van der Waals surface area (Å²) in [5.41, 5.74) is 7.61. The highest BCUT2D eigenvalue weighted by atomic mass is 79.9. The van der Waals surface area contributed by atoms with Gasteiger partial charge < -0.3 is 25.8 Å². The summed E-state index contributed by atoms with van der Waals surface area (Å²) in [5, 5.41) is 13.0. The second-order valence-corrected chi connectivity index (χ2v) is 12.7. The topological polar surface area (TPSA) is 122 Å². The lowest BCUT2D eigenvalue weighted by molar-refractivity contribution is -0.141. The fraction of sp³-hybridized carbons (Fsp3) is 0.344. The van der Waals surface area contributed by atoms with Gasteiger partial charge in [0, 0.05) is 13.1 Å². The summed E-state index contributed by atoms with van der Waals surface area (Å²) in [6.45, 7) is 5.80. The molecule has 0 saturated carbocycles. The molecule has 0 bridgehead atoms. The number of hydrogen-bond donors (Lipinski definition) is 3. The molecule has 1 atom stereocenters. The minimum Gasteiger partial charge on any atom is -0.506 e. The van der Waals surface area contributed by atoms with E-state index in [1.165, 1.54) is 4.90 Å². The third-order valence-electron chi connectivity index (χ3n) is 6.50. The Labute approximate surface area is 263 Å². The number of ether oxygens (including phenoxy) is 1. The van der Waals surface area contributed by atoms with E-state index in [0.717, 1.165) is 11.1 Å². The van der Waals surface area contributed by atoms with Gasteiger partial charge in [0.1, 0.15) is 17.4 Å². The van der Waals surface area contributed by atoms with Crippen molar-refractivity contribution in [3.05, 3.63) is 98.4 Å². The van der Waals surface area contributed by atoms with Crippen molar-refractivity contribution in [1.29, 1.82) is 0 Å². The van der Waals surface area contributed by atoms with Gasteiger partial charge in [-0.15, -0.1) is 0 Å². The number of unbranched alkanes of at least 4 members (excludes halogenated alkanes) is 1. The zero-order chi connectivity index (χ0) is 30.9. The molecule has 0 fully saturated rings. The van der Waals surface area contributed by atoms with Crippen molar-refractivity contribution >= 4 is 49.8 Å². The average Bonchev–Trinajstić information content (AvgIpc) is 2.92. The Morgan fingerprint density at radius 1 is 0.929 bits per heavy atom. The van der Waals surface area contributed by atoms with Crippen molar-refractivity contribution in [2.24, 2.45) is 5.73 Å². The maximum Gasteiger partial charge on any atom is 0.407 e. The van der Waals surface area contributed by atoms with Gasteiger partial charge in [-0.1, -0.05) is 60.7 Å². The van der Waals surface area contributed by atoms with E-state index in [1.807, 2.05) is 60.7 Å². The van der Waals surface area contributed by atoms with Crippen molar-refractivity contribution in [2.45, 2.75) is 64.1 Å². The van der Waals surface area contributed by atoms with E-state index in [-0.39, 0.29) is 18.2 Å². The molecule has 3 aromatic carbocycles. The summed E-state index contributed by atoms with van der Waals surface area (Å²) in [5.74, 6) is -1.54. The third kappa shape index (κ3) is 9.59. The third-order valence-corrected chi connectivity index (χ3v) is 7.71. The number of halogens is 2. The molecule has 3 rings (SSSR count). The van der Waals surface area contributed by atoms with Crippen molar-refractivity contribution in [3.8, 4) is 5.75 Å². The van der Waals surface area contributed by atoms with Crippen LogP contribution in [0.2, 0.25) is 0 Å². The minimum atomic E-state index is -0.916. The molecule has 0 aliphatic carbocycles. The number of nitrogens with one attached hydrogen (secondary N) is 1. The van der Waals surface area contributed by atoms with Gasteiger partial charge in [0.25, 0.3) is 0 Å². The lowest BCUT2D eigenvalue weighted by Crippen LogP contribution is -2.49. The SMILES string of the molecule is CC(C)(C)OC(=O)NCCCC[C@H](C(N)=O)N(Cc1cc(Br)c(O)c(Br)c1)C(=O)C(c1ccccc1)c1ccccc1. The van der Waals surface area contributed by atoms with Crippen LogP contribution in [0, 0.1) is 0 Å². The zero-order valence-electron chi connectivity index (χ0n) is 24.0. The molecule has 4 N–H and O–H groups in total. The first-order valence-corrected chi connectivity index (χ1v) is 15.3. The average molecular weight is 703 g/mol. The van der Waals surface area contributed by atoms with E-state index >= 15 is 0 Å². The van der Waals surface area contributed by atoms with Gasteiger partial charge >= 0.3 is 6.09 Å². The van der Waals surface area contributed by atoms with Crippen LogP contribution in [0.25, 0.3) is 0 Å². The van der Waals surface area contributed by atoms with Crippen molar-refractivity contribution in [1.82, 2.24) is 10.2 Å². The maximum absolute atomic E-state index is 14.5. The van der Waals surface area contributed by atoms with Gasteiger partial charge in [-0.3, -0.25) is 9.59 Å². The van der Waals surface area contributed by atoms with Crippen molar-refractivity contribution in [3.63, 3.8) is 0 Å². The molecule has 0 heterocycles. The highest BCUT2D eigenvalue weighted by molar-refractivity contribution is 9.11. The molecule has 0 aliphatic heterocycles. The lowest BCUT2D eigenvalue weighted by atomic mass is 9.89. The minimum absolute atomic E-state index is 0.0343. The molecular formula is C32H37Br2N3O5. The molecule has 10 heteroatoms. The van der Waals surface area contributed by atoms with Crippen LogP contribution >= 0.6 is 31.9 Å². The van der Waals surface area contributed by atoms with Gasteiger partial charge in [0.05, 0.1) is 14.9 Å². The predicted molar refractivity (Wildman–Crippen MR) is 170 cm³/mol. The van der Waals surface area contributed by atoms with E-state index in [2.05, 4.69) is 37.2 Å². The first-order chi connectivity index (χ1) is 19.9. The summed E-state index contributed by atoms with van der Waals surface area (Å²) >= 11 is 6.72. The fourth-order valence-electron chi connectivity index (χ4n) is 4.60. The first kappa shape index (κ1) is 33.1. The number of nitrogens with zero attached hydrogens (tertiary/aromatic N) is 1. The van der Waals surface area contributed by atoms with Crippen LogP contribution in [0.4, 0.5) is 4.79 Å². The molecule has 8 nitrogen and oxygen atoms in total. The number of hydrogen-bond acceptors (Lipinski definition) is 5. The fourth-order valence-corrected chi connectivity index (χ4v) is 5.88. The van der Waals surface area contributed by atoms with Gasteiger partial charge in [0.2, 0.25) is 11.8 Å². The molecule has 224 valence electrons. The molecule has 0 spiro atoms. The van der Waals surface area contributed by atoms with Crippen LogP contribution in [0.15, 0.2) is 81.7 Å². The lowest BCUT2D eigenvalue weighted by Gasteiger charge is -2.33. The molecule has 0 saturated heterocycles. The van der Waals surface area contributed by atoms with E-state index in [0.29, 0.717) is 40.3 Å². The van der Waals surface area contributed by atoms with Gasteiger partial charge in [-0.25, -0.2) is 4.79 Å². The largest absolute Gasteiger partial charge is 0.506 e. The number of amides is 3. The summed E-state index contributed by atoms with van der Waals surface area (Å²) in [4.78, 5) is 41.0. The molecule has 0 unspecified atom stereocenters. The van der Waals surface area contributed by atoms with Gasteiger partial charge in [-0.2, -0.15) is 0 Å². The van der Waals surface area contributed by atoms with Gasteiger partial charge in [0.15, 0.2) is 0 Å². The summed E-state index contributed by atoms with van der Waals surface area (Å²) in [7, 11) is 0. The van der Waals surface area contributed by atoms with E-state index in [1.54, 1.807) is 32.9 Å². The highest BCUT2D eigenvalue weighted by Crippen LogP contribution is 2.35. The Balaban J connectivity index is 1.91. The number of phenolic OH excluding ortho intramolecular Hbond substituents is 1. The second kappa shape index (κ2) is 15.2. The summed E-state index contributed by atoms with van der Waals surface area (Å²) < 4.78 is 6.17. The number of benzene rings is 3. The standard InChI is InChI=1S/C32H37Br2N3O5/c1-32(2,3)42-31(41)36-17-11-10-16-26(29(35)39)37(20-21-18-24(33)28(38)25(34)19-21)30(40)27(22-12-6-4-7-13-22)23-14-8-5-9-15-23/h4-9,12-15,18-19,26-27,38H,10-11,16-17,20H2,1-3H3,(H2,35,39)(H,36,41)/t26-/m1/s1. The van der Waals surface area contributed by atoms with E-state index in [4.69, 9.17) is 10.5 Å². The quantitative estimate of drug-likeness (QED) is 0.183. The molecule has 0 radical (unpaired) electrons. The van der Waals surface area contributed by atoms with Gasteiger partial charge in [-0.05, 0) is 101 Å². The Bertz CT molecular complexity index is 1300. The second-order valence-electron chi connectivity index (χ2n) is 11.0. The van der Waals surface area contributed by atoms with Crippen LogP contribution in [0.3, 0.4) is 0 Å². The van der Waals surface area contributed by atoms with Crippen LogP contribution < -0.4 is 11.1 Å². The zero-order valence-corrected chi connectivity index (χ0v) is 27.2. The Morgan fingerprint density at radius 2 is 1.45 bits per heavy atom. The number of carbonyl (C=O) groups excluding carboxylic acids is 3. The molecule has 0 aliphatic rings. The van der Waals surface area contributed by atoms with E-state index < -0.39 is 29.6 Å². The number of primary amides is 1. The van der Waals surface area contributed by atoms with Crippen molar-refractivity contribution in [2.75, 3.05) is 6.54 Å². The molecule has 0 aromatic heterocycles. The van der Waals surface area contributed by atoms with E-state index in [9.17, 15) is 19.5 Å². The smallest absolute Gasteiger partial charge is 0.407 e. The predicted octanol–water partition coefficient (Wildman–Crippen LogP) is 6.63. The summed E-state index contributed by atoms with van der Waals surface area (Å²) in [6.07, 6.45) is 0.871. The number of alkyl carbamates (subject to hydrolysis) is 1. The number of aromatic hydroxyl groups is 1. The molecule has 42 heavy (non-hydrogen) atoms. The van der Waals surface area contributed by atoms with Crippen molar-refractivity contribution < 1.29 is 24.2 Å². The Morgan fingerprint density at radius 3 is 1.93 bits per heavy atom. The van der Waals surface area contributed by atoms with Crippen LogP contribution in [0.1, 0.15) is 62.6 Å². The van der Waals surface area contributed by atoms with Crippen LogP contribution in [-0.4, -0.2) is 46.1 Å². The maximum atomic E-state index is 14.5. The molecule has 3 amide bonds. The Hall–Kier alpha value is -3.37. The number of phenols is 1. The number of carbonyl (C=O) groups is 3. The van der Waals surface area contributed by atoms with Crippen LogP contribution in [-0.2, 0) is 20.9 Å².